The van der Waals surface area contributed by atoms with E-state index in [4.69, 9.17) is 36.8 Å². The first-order chi connectivity index (χ1) is 8.63. The first-order valence-electron chi connectivity index (χ1n) is 5.09. The summed E-state index contributed by atoms with van der Waals surface area (Å²) < 4.78 is 7.15. The van der Waals surface area contributed by atoms with Crippen LogP contribution in [-0.4, -0.2) is 15.1 Å². The van der Waals surface area contributed by atoms with Crippen molar-refractivity contribution in [1.82, 2.24) is 9.97 Å². The largest absolute Gasteiger partial charge is 0.376 e. The molecule has 0 aliphatic heterocycles. The maximum absolute atomic E-state index is 7.15. The molecule has 4 nitrogen and oxygen atoms in total. The predicted octanol–water partition coefficient (Wildman–Crippen LogP) is 3.10. The van der Waals surface area contributed by atoms with E-state index in [1.807, 2.05) is 0 Å². The Hall–Kier alpha value is -1.30. The van der Waals surface area contributed by atoms with Gasteiger partial charge in [-0.1, -0.05) is 23.2 Å². The van der Waals surface area contributed by atoms with Crippen LogP contribution >= 0.6 is 35.4 Å². The van der Waals surface area contributed by atoms with Crippen LogP contribution < -0.4 is 10.6 Å². The van der Waals surface area contributed by atoms with Gasteiger partial charge in [0.05, 0.1) is 15.7 Å². The van der Waals surface area contributed by atoms with Crippen LogP contribution in [-0.2, 0) is 0 Å². The Morgan fingerprint density at radius 3 is 2.88 bits per heavy atom. The minimum absolute atomic E-state index is 0.170. The molecule has 0 fully saturated rings. The summed E-state index contributed by atoms with van der Waals surface area (Å²) in [6.45, 7) is 0. The molecule has 0 atom stereocenters. The van der Waals surface area contributed by atoms with Crippen molar-refractivity contribution in [3.8, 4) is 0 Å². The molecular weight excluding hydrogens is 279 g/mol. The molecule has 0 amide bonds. The van der Waals surface area contributed by atoms with E-state index in [0.717, 1.165) is 0 Å². The van der Waals surface area contributed by atoms with E-state index in [-0.39, 0.29) is 5.11 Å². The van der Waals surface area contributed by atoms with Crippen molar-refractivity contribution < 1.29 is 1.41 Å². The third kappa shape index (κ3) is 2.52. The fourth-order valence-electron chi connectivity index (χ4n) is 1.34. The minimum Gasteiger partial charge on any atom is -0.376 e. The normalized spacial score (nSPS) is 10.8. The van der Waals surface area contributed by atoms with Gasteiger partial charge in [0.2, 0.25) is 5.95 Å². The molecule has 1 aromatic carbocycles. The first kappa shape index (κ1) is 10.8. The second-order valence-corrected chi connectivity index (χ2v) is 4.35. The Bertz CT molecular complexity index is 561. The van der Waals surface area contributed by atoms with E-state index in [2.05, 4.69) is 15.7 Å². The van der Waals surface area contributed by atoms with Gasteiger partial charge in [0.15, 0.2) is 6.52 Å². The maximum Gasteiger partial charge on any atom is 0.213 e. The van der Waals surface area contributed by atoms with Crippen molar-refractivity contribution in [2.24, 2.45) is 5.73 Å². The van der Waals surface area contributed by atoms with Gasteiger partial charge in [0, 0.05) is 12.4 Å². The lowest BCUT2D eigenvalue weighted by molar-refractivity contribution is 1.18. The quantitative estimate of drug-likeness (QED) is 0.834. The van der Waals surface area contributed by atoms with Gasteiger partial charge >= 0.3 is 0 Å². The van der Waals surface area contributed by atoms with Crippen LogP contribution in [0.2, 0.25) is 11.5 Å². The van der Waals surface area contributed by atoms with Crippen LogP contribution in [0.1, 0.15) is 0 Å². The number of imidazole rings is 1. The predicted molar refractivity (Wildman–Crippen MR) is 74.0 cm³/mol. The Morgan fingerprint density at radius 2 is 2.29 bits per heavy atom. The van der Waals surface area contributed by atoms with Gasteiger partial charge in [0.1, 0.15) is 0 Å². The summed E-state index contributed by atoms with van der Waals surface area (Å²) in [5, 5.41) is 1.02. The van der Waals surface area contributed by atoms with E-state index in [9.17, 15) is 0 Å². The van der Waals surface area contributed by atoms with Gasteiger partial charge < -0.3 is 10.7 Å². The number of rotatable bonds is 2. The highest BCUT2D eigenvalue weighted by atomic mass is 35.5. The van der Waals surface area contributed by atoms with Crippen molar-refractivity contribution in [1.29, 1.82) is 0 Å². The van der Waals surface area contributed by atoms with Gasteiger partial charge in [0.25, 0.3) is 0 Å². The van der Waals surface area contributed by atoms with Crippen LogP contribution in [0.5, 0.6) is 0 Å². The van der Waals surface area contributed by atoms with Crippen LogP contribution in [0.25, 0.3) is 0 Å². The molecule has 0 unspecified atom stereocenters. The van der Waals surface area contributed by atoms with Crippen molar-refractivity contribution in [2.75, 3.05) is 4.90 Å². The number of aromatic amines is 1. The Kier molecular flexibility index (Phi) is 3.13. The fourth-order valence-corrected chi connectivity index (χ4v) is 1.82. The molecular formula is C10H8Cl2N4S. The molecule has 0 saturated heterocycles. The molecule has 0 saturated carbocycles. The smallest absolute Gasteiger partial charge is 0.213 e. The van der Waals surface area contributed by atoms with E-state index >= 15 is 0 Å². The van der Waals surface area contributed by atoms with Crippen LogP contribution in [0.15, 0.2) is 30.6 Å². The molecule has 88 valence electrons. The first-order valence-corrected chi connectivity index (χ1v) is 5.76. The number of nitrogens with one attached hydrogen (secondary N) is 1. The van der Waals surface area contributed by atoms with Crippen LogP contribution in [0, 0.1) is 0 Å². The van der Waals surface area contributed by atoms with E-state index in [1.54, 1.807) is 35.5 Å². The average molecular weight is 288 g/mol. The average Bonchev–Trinajstić information content (AvgIpc) is 2.87. The second kappa shape index (κ2) is 4.91. The molecule has 1 aromatic heterocycles. The summed E-state index contributed by atoms with van der Waals surface area (Å²) >= 11 is 16.9. The molecule has 17 heavy (non-hydrogen) atoms. The van der Waals surface area contributed by atoms with Crippen molar-refractivity contribution in [3.05, 3.63) is 40.6 Å². The third-order valence-corrected chi connectivity index (χ3v) is 2.98. The lowest BCUT2D eigenvalue weighted by Crippen LogP contribution is -2.31. The number of hydrogen-bond donors (Lipinski definition) is 2. The lowest BCUT2D eigenvalue weighted by atomic mass is 10.3. The molecule has 0 spiro atoms. The molecule has 0 bridgehead atoms. The standard InChI is InChI=1S/C10H8Cl2N4S/c11-7-2-1-6(5-8(7)12)16(9(13)17)10-14-3-4-15-10/h1-5H,(H2,13,17)(H,14,15)/i/hD. The number of aromatic nitrogens is 2. The van der Waals surface area contributed by atoms with Gasteiger partial charge in [-0.05, 0) is 30.4 Å². The lowest BCUT2D eigenvalue weighted by Gasteiger charge is -2.20. The van der Waals surface area contributed by atoms with Crippen molar-refractivity contribution in [3.63, 3.8) is 0 Å². The molecule has 7 heteroatoms. The monoisotopic (exact) mass is 287 g/mol. The molecule has 2 aromatic rings. The summed E-state index contributed by atoms with van der Waals surface area (Å²) in [6.07, 6.45) is 3.25. The van der Waals surface area contributed by atoms with Gasteiger partial charge in [-0.15, -0.1) is 0 Å². The number of benzene rings is 1. The molecule has 2 rings (SSSR count). The summed E-state index contributed by atoms with van der Waals surface area (Å²) in [7, 11) is 0. The van der Waals surface area contributed by atoms with Crippen molar-refractivity contribution >= 4 is 52.2 Å². The molecule has 1 heterocycles. The minimum atomic E-state index is 0.170. The summed E-state index contributed by atoms with van der Waals surface area (Å²) in [6, 6.07) is 5.04. The molecule has 3 N–H and O–H groups in total. The van der Waals surface area contributed by atoms with Gasteiger partial charge in [-0.25, -0.2) is 4.98 Å². The van der Waals surface area contributed by atoms with Crippen molar-refractivity contribution in [2.45, 2.75) is 0 Å². The Morgan fingerprint density at radius 1 is 1.47 bits per heavy atom. The van der Waals surface area contributed by atoms with Gasteiger partial charge in [-0.2, -0.15) is 0 Å². The SMILES string of the molecule is [2H]NC(=S)N(c1ccc(Cl)c(Cl)c1)c1ncc[nH]1. The third-order valence-electron chi connectivity index (χ3n) is 2.06. The number of anilines is 2. The topological polar surface area (TPSA) is 57.9 Å². The highest BCUT2D eigenvalue weighted by Gasteiger charge is 2.15. The molecule has 0 aliphatic carbocycles. The zero-order valence-electron chi connectivity index (χ0n) is 9.45. The summed E-state index contributed by atoms with van der Waals surface area (Å²) in [5.41, 5.74) is 2.81. The maximum atomic E-state index is 7.15. The van der Waals surface area contributed by atoms with Gasteiger partial charge in [-0.3, -0.25) is 4.90 Å². The summed E-state index contributed by atoms with van der Waals surface area (Å²) in [4.78, 5) is 8.56. The number of hydrogen-bond acceptors (Lipinski definition) is 2. The zero-order chi connectivity index (χ0) is 13.1. The Labute approximate surface area is 115 Å². The Balaban J connectivity index is 2.46. The number of thiocarbonyl (C=S) groups is 1. The number of nitrogens with zero attached hydrogens (tertiary/aromatic N) is 2. The second-order valence-electron chi connectivity index (χ2n) is 3.15. The number of halogens is 2. The zero-order valence-corrected chi connectivity index (χ0v) is 10.8. The number of H-pyrrole nitrogens is 1. The van der Waals surface area contributed by atoms with E-state index in [0.29, 0.717) is 21.7 Å². The summed E-state index contributed by atoms with van der Waals surface area (Å²) in [5.74, 6) is 0.484. The molecule has 0 radical (unpaired) electrons. The molecule has 0 aliphatic rings. The van der Waals surface area contributed by atoms with Crippen LogP contribution in [0.3, 0.4) is 0 Å². The van der Waals surface area contributed by atoms with E-state index < -0.39 is 0 Å². The van der Waals surface area contributed by atoms with E-state index in [1.165, 1.54) is 0 Å². The number of nitrogens with two attached hydrogens (primary N) is 1. The fraction of sp³-hybridized carbons (Fsp3) is 0. The highest BCUT2D eigenvalue weighted by Crippen LogP contribution is 2.29. The highest BCUT2D eigenvalue weighted by molar-refractivity contribution is 7.80. The van der Waals surface area contributed by atoms with Crippen LogP contribution in [0.4, 0.5) is 11.6 Å².